The lowest BCUT2D eigenvalue weighted by molar-refractivity contribution is -0.121. The third-order valence-electron chi connectivity index (χ3n) is 2.96. The van der Waals surface area contributed by atoms with Crippen LogP contribution in [0, 0.1) is 11.6 Å². The molecule has 0 aliphatic heterocycles. The summed E-state index contributed by atoms with van der Waals surface area (Å²) < 4.78 is 26.2. The number of carbonyl (C=O) groups excluding carboxylic acids is 1. The van der Waals surface area contributed by atoms with Crippen LogP contribution in [-0.2, 0) is 11.3 Å². The second kappa shape index (κ2) is 7.84. The molecule has 0 heterocycles. The second-order valence-corrected chi connectivity index (χ2v) is 4.42. The Morgan fingerprint density at radius 2 is 1.95 bits per heavy atom. The summed E-state index contributed by atoms with van der Waals surface area (Å²) in [5.74, 6) is -1.10. The SMILES string of the molecule is CCC(CC)NC(=O)CNCc1cc(F)ccc1F. The number of hydrogen-bond donors (Lipinski definition) is 2. The molecule has 0 radical (unpaired) electrons. The minimum atomic E-state index is -0.486. The highest BCUT2D eigenvalue weighted by atomic mass is 19.1. The molecule has 1 aromatic carbocycles. The number of amides is 1. The normalized spacial score (nSPS) is 10.8. The lowest BCUT2D eigenvalue weighted by Crippen LogP contribution is -2.39. The van der Waals surface area contributed by atoms with Crippen LogP contribution in [0.4, 0.5) is 8.78 Å². The van der Waals surface area contributed by atoms with Gasteiger partial charge in [-0.05, 0) is 31.0 Å². The van der Waals surface area contributed by atoms with Crippen LogP contribution in [0.25, 0.3) is 0 Å². The molecule has 0 saturated heterocycles. The monoisotopic (exact) mass is 270 g/mol. The summed E-state index contributed by atoms with van der Waals surface area (Å²) in [4.78, 5) is 11.6. The summed E-state index contributed by atoms with van der Waals surface area (Å²) in [6, 6.07) is 3.44. The number of hydrogen-bond acceptors (Lipinski definition) is 2. The van der Waals surface area contributed by atoms with E-state index in [4.69, 9.17) is 0 Å². The Morgan fingerprint density at radius 3 is 2.58 bits per heavy atom. The molecule has 0 spiro atoms. The van der Waals surface area contributed by atoms with Gasteiger partial charge in [0.1, 0.15) is 11.6 Å². The first-order chi connectivity index (χ1) is 9.06. The van der Waals surface area contributed by atoms with Crippen molar-refractivity contribution in [2.45, 2.75) is 39.3 Å². The topological polar surface area (TPSA) is 41.1 Å². The molecule has 0 fully saturated rings. The first kappa shape index (κ1) is 15.6. The molecule has 1 amide bonds. The van der Waals surface area contributed by atoms with E-state index in [0.29, 0.717) is 0 Å². The van der Waals surface area contributed by atoms with Gasteiger partial charge in [0, 0.05) is 18.2 Å². The molecule has 0 aromatic heterocycles. The molecule has 2 N–H and O–H groups in total. The summed E-state index contributed by atoms with van der Waals surface area (Å²) in [6.45, 7) is 4.22. The highest BCUT2D eigenvalue weighted by Gasteiger charge is 2.08. The Balaban J connectivity index is 2.37. The number of rotatable bonds is 7. The summed E-state index contributed by atoms with van der Waals surface area (Å²) >= 11 is 0. The fraction of sp³-hybridized carbons (Fsp3) is 0.500. The van der Waals surface area contributed by atoms with Gasteiger partial charge in [-0.25, -0.2) is 8.78 Å². The van der Waals surface area contributed by atoms with Gasteiger partial charge in [0.05, 0.1) is 6.54 Å². The molecule has 0 atom stereocenters. The van der Waals surface area contributed by atoms with Gasteiger partial charge < -0.3 is 10.6 Å². The van der Waals surface area contributed by atoms with Crippen LogP contribution >= 0.6 is 0 Å². The number of nitrogens with one attached hydrogen (secondary N) is 2. The average molecular weight is 270 g/mol. The number of carbonyl (C=O) groups is 1. The van der Waals surface area contributed by atoms with Gasteiger partial charge in [-0.3, -0.25) is 4.79 Å². The first-order valence-corrected chi connectivity index (χ1v) is 6.50. The lowest BCUT2D eigenvalue weighted by Gasteiger charge is -2.15. The van der Waals surface area contributed by atoms with Gasteiger partial charge in [-0.15, -0.1) is 0 Å². The minimum absolute atomic E-state index is 0.0897. The van der Waals surface area contributed by atoms with E-state index in [-0.39, 0.29) is 30.6 Å². The maximum absolute atomic E-state index is 13.3. The molecule has 1 aromatic rings. The lowest BCUT2D eigenvalue weighted by atomic mass is 10.2. The van der Waals surface area contributed by atoms with Crippen molar-refractivity contribution in [2.75, 3.05) is 6.54 Å². The molecule has 0 bridgehead atoms. The largest absolute Gasteiger partial charge is 0.352 e. The van der Waals surface area contributed by atoms with Gasteiger partial charge in [-0.2, -0.15) is 0 Å². The molecule has 0 saturated carbocycles. The Hall–Kier alpha value is -1.49. The van der Waals surface area contributed by atoms with Crippen molar-refractivity contribution in [3.8, 4) is 0 Å². The van der Waals surface area contributed by atoms with Crippen molar-refractivity contribution in [1.29, 1.82) is 0 Å². The number of halogens is 2. The molecule has 1 rings (SSSR count). The van der Waals surface area contributed by atoms with Crippen molar-refractivity contribution >= 4 is 5.91 Å². The number of benzene rings is 1. The molecule has 0 aliphatic carbocycles. The van der Waals surface area contributed by atoms with Gasteiger partial charge in [-0.1, -0.05) is 13.8 Å². The van der Waals surface area contributed by atoms with Crippen LogP contribution < -0.4 is 10.6 Å². The molecule has 19 heavy (non-hydrogen) atoms. The molecule has 0 unspecified atom stereocenters. The molecule has 5 heteroatoms. The van der Waals surface area contributed by atoms with E-state index >= 15 is 0 Å². The van der Waals surface area contributed by atoms with E-state index in [1.165, 1.54) is 0 Å². The quantitative estimate of drug-likeness (QED) is 0.798. The summed E-state index contributed by atoms with van der Waals surface area (Å²) in [5.41, 5.74) is 0.218. The summed E-state index contributed by atoms with van der Waals surface area (Å²) in [6.07, 6.45) is 1.75. The standard InChI is InChI=1S/C14H20F2N2O/c1-3-12(4-2)18-14(19)9-17-8-10-7-11(15)5-6-13(10)16/h5-7,12,17H,3-4,8-9H2,1-2H3,(H,18,19). The third kappa shape index (κ3) is 5.34. The van der Waals surface area contributed by atoms with E-state index in [1.54, 1.807) is 0 Å². The zero-order valence-corrected chi connectivity index (χ0v) is 11.3. The maximum Gasteiger partial charge on any atom is 0.234 e. The summed E-state index contributed by atoms with van der Waals surface area (Å²) in [5, 5.41) is 5.66. The van der Waals surface area contributed by atoms with Gasteiger partial charge in [0.25, 0.3) is 0 Å². The molecule has 106 valence electrons. The fourth-order valence-corrected chi connectivity index (χ4v) is 1.76. The highest BCUT2D eigenvalue weighted by molar-refractivity contribution is 5.78. The Morgan fingerprint density at radius 1 is 1.26 bits per heavy atom. The van der Waals surface area contributed by atoms with Crippen LogP contribution in [0.1, 0.15) is 32.3 Å². The first-order valence-electron chi connectivity index (χ1n) is 6.50. The fourth-order valence-electron chi connectivity index (χ4n) is 1.76. The van der Waals surface area contributed by atoms with E-state index in [1.807, 2.05) is 13.8 Å². The van der Waals surface area contributed by atoms with E-state index in [0.717, 1.165) is 31.0 Å². The molecule has 0 aliphatic rings. The van der Waals surface area contributed by atoms with Crippen molar-refractivity contribution in [2.24, 2.45) is 0 Å². The smallest absolute Gasteiger partial charge is 0.234 e. The van der Waals surface area contributed by atoms with Gasteiger partial charge >= 0.3 is 0 Å². The Labute approximate surface area is 112 Å². The maximum atomic E-state index is 13.3. The predicted molar refractivity (Wildman–Crippen MR) is 70.6 cm³/mol. The Kier molecular flexibility index (Phi) is 6.42. The van der Waals surface area contributed by atoms with Crippen molar-refractivity contribution in [3.63, 3.8) is 0 Å². The van der Waals surface area contributed by atoms with Crippen LogP contribution in [0.2, 0.25) is 0 Å². The molecular weight excluding hydrogens is 250 g/mol. The summed E-state index contributed by atoms with van der Waals surface area (Å²) in [7, 11) is 0. The average Bonchev–Trinajstić information content (AvgIpc) is 2.40. The highest BCUT2D eigenvalue weighted by Crippen LogP contribution is 2.08. The molecular formula is C14H20F2N2O. The van der Waals surface area contributed by atoms with Crippen LogP contribution in [0.15, 0.2) is 18.2 Å². The van der Waals surface area contributed by atoms with Crippen molar-refractivity contribution in [3.05, 3.63) is 35.4 Å². The van der Waals surface area contributed by atoms with Crippen LogP contribution in [-0.4, -0.2) is 18.5 Å². The minimum Gasteiger partial charge on any atom is -0.352 e. The van der Waals surface area contributed by atoms with E-state index in [2.05, 4.69) is 10.6 Å². The zero-order chi connectivity index (χ0) is 14.3. The second-order valence-electron chi connectivity index (χ2n) is 4.42. The van der Waals surface area contributed by atoms with Gasteiger partial charge in [0.15, 0.2) is 0 Å². The van der Waals surface area contributed by atoms with Gasteiger partial charge in [0.2, 0.25) is 5.91 Å². The van der Waals surface area contributed by atoms with E-state index < -0.39 is 11.6 Å². The zero-order valence-electron chi connectivity index (χ0n) is 11.3. The van der Waals surface area contributed by atoms with Crippen LogP contribution in [0.5, 0.6) is 0 Å². The third-order valence-corrected chi connectivity index (χ3v) is 2.96. The molecule has 3 nitrogen and oxygen atoms in total. The Bertz CT molecular complexity index is 420. The van der Waals surface area contributed by atoms with Crippen LogP contribution in [0.3, 0.4) is 0 Å². The predicted octanol–water partition coefficient (Wildman–Crippen LogP) is 2.36. The van der Waals surface area contributed by atoms with Crippen molar-refractivity contribution < 1.29 is 13.6 Å². The van der Waals surface area contributed by atoms with E-state index in [9.17, 15) is 13.6 Å². The van der Waals surface area contributed by atoms with Crippen molar-refractivity contribution in [1.82, 2.24) is 10.6 Å².